The molecule has 1 aliphatic rings. The van der Waals surface area contributed by atoms with E-state index in [0.29, 0.717) is 18.8 Å². The summed E-state index contributed by atoms with van der Waals surface area (Å²) in [5.41, 5.74) is -0.0237. The number of nitrogens with zero attached hydrogens (tertiary/aromatic N) is 4. The average Bonchev–Trinajstić information content (AvgIpc) is 2.75. The highest BCUT2D eigenvalue weighted by Crippen LogP contribution is 2.30. The molecule has 1 fully saturated rings. The second-order valence-electron chi connectivity index (χ2n) is 6.66. The molecule has 1 aromatic heterocycles. The Morgan fingerprint density at radius 1 is 1.29 bits per heavy atom. The van der Waals surface area contributed by atoms with Crippen molar-refractivity contribution in [1.29, 1.82) is 0 Å². The molecule has 0 radical (unpaired) electrons. The first-order valence-electron chi connectivity index (χ1n) is 9.17. The van der Waals surface area contributed by atoms with Gasteiger partial charge in [-0.2, -0.15) is 4.31 Å². The molecule has 3 rings (SSSR count). The number of carbonyl (C=O) groups excluding carboxylic acids is 1. The molecule has 0 atom stereocenters. The summed E-state index contributed by atoms with van der Waals surface area (Å²) in [6.07, 6.45) is 1.51. The van der Waals surface area contributed by atoms with Crippen LogP contribution in [0.3, 0.4) is 0 Å². The van der Waals surface area contributed by atoms with Crippen LogP contribution < -0.4 is 10.1 Å². The monoisotopic (exact) mass is 469 g/mol. The number of hydrogen-bond acceptors (Lipinski definition) is 8. The molecule has 0 saturated carbocycles. The number of rotatable bonds is 7. The van der Waals surface area contributed by atoms with E-state index in [1.54, 1.807) is 12.1 Å². The van der Waals surface area contributed by atoms with Crippen LogP contribution in [0.15, 0.2) is 41.4 Å². The van der Waals surface area contributed by atoms with Crippen LogP contribution in [0.4, 0.5) is 11.4 Å². The van der Waals surface area contributed by atoms with Crippen molar-refractivity contribution in [1.82, 2.24) is 14.2 Å². The molecular formula is C18H20ClN5O6S. The maximum absolute atomic E-state index is 12.9. The van der Waals surface area contributed by atoms with Gasteiger partial charge in [0.2, 0.25) is 15.9 Å². The molecule has 2 aromatic rings. The van der Waals surface area contributed by atoms with Crippen molar-refractivity contribution in [2.75, 3.05) is 45.2 Å². The fourth-order valence-corrected chi connectivity index (χ4v) is 4.73. The van der Waals surface area contributed by atoms with E-state index in [1.165, 1.54) is 29.7 Å². The Labute approximate surface area is 183 Å². The molecule has 1 amide bonds. The van der Waals surface area contributed by atoms with Gasteiger partial charge in [0.1, 0.15) is 0 Å². The lowest BCUT2D eigenvalue weighted by molar-refractivity contribution is -0.386. The van der Waals surface area contributed by atoms with Crippen LogP contribution in [-0.4, -0.2) is 73.3 Å². The number of nitro benzene ring substituents is 1. The number of carbonyl (C=O) groups is 1. The molecule has 2 heterocycles. The molecule has 1 N–H and O–H groups in total. The predicted molar refractivity (Wildman–Crippen MR) is 113 cm³/mol. The number of methoxy groups -OCH3 is 1. The van der Waals surface area contributed by atoms with Crippen LogP contribution in [0.25, 0.3) is 0 Å². The first-order valence-corrected chi connectivity index (χ1v) is 11.0. The number of pyridine rings is 1. The molecule has 11 nitrogen and oxygen atoms in total. The lowest BCUT2D eigenvalue weighted by atomic mass is 10.3. The van der Waals surface area contributed by atoms with E-state index in [0.717, 1.165) is 6.07 Å². The zero-order valence-electron chi connectivity index (χ0n) is 16.5. The quantitative estimate of drug-likeness (QED) is 0.367. The summed E-state index contributed by atoms with van der Waals surface area (Å²) in [5, 5.41) is 14.0. The molecule has 0 bridgehead atoms. The molecular weight excluding hydrogens is 450 g/mol. The topological polar surface area (TPSA) is 135 Å². The van der Waals surface area contributed by atoms with Gasteiger partial charge >= 0.3 is 5.69 Å². The third kappa shape index (κ3) is 5.28. The number of ether oxygens (including phenoxy) is 1. The third-order valence-electron chi connectivity index (χ3n) is 4.72. The Balaban J connectivity index is 1.62. The van der Waals surface area contributed by atoms with Gasteiger partial charge in [-0.25, -0.2) is 13.4 Å². The van der Waals surface area contributed by atoms with Crippen molar-refractivity contribution in [3.63, 3.8) is 0 Å². The normalized spacial score (nSPS) is 15.4. The minimum atomic E-state index is -3.93. The maximum atomic E-state index is 12.9. The van der Waals surface area contributed by atoms with E-state index in [-0.39, 0.29) is 41.3 Å². The highest BCUT2D eigenvalue weighted by molar-refractivity contribution is 7.89. The molecule has 1 aliphatic heterocycles. The van der Waals surface area contributed by atoms with Gasteiger partial charge in [0.05, 0.1) is 29.2 Å². The number of sulfonamides is 1. The van der Waals surface area contributed by atoms with Crippen LogP contribution in [0.1, 0.15) is 0 Å². The smallest absolute Gasteiger partial charge is 0.312 e. The van der Waals surface area contributed by atoms with Gasteiger partial charge in [0.15, 0.2) is 10.9 Å². The van der Waals surface area contributed by atoms with Gasteiger partial charge in [-0.05, 0) is 24.3 Å². The summed E-state index contributed by atoms with van der Waals surface area (Å²) in [5.74, 6) is -0.314. The van der Waals surface area contributed by atoms with E-state index in [2.05, 4.69) is 10.3 Å². The zero-order chi connectivity index (χ0) is 22.6. The highest BCUT2D eigenvalue weighted by atomic mass is 35.5. The fraction of sp³-hybridized carbons (Fsp3) is 0.333. The number of nitrogens with one attached hydrogen (secondary N) is 1. The lowest BCUT2D eigenvalue weighted by Crippen LogP contribution is -2.50. The Morgan fingerprint density at radius 2 is 2.00 bits per heavy atom. The van der Waals surface area contributed by atoms with Gasteiger partial charge in [-0.15, -0.1) is 0 Å². The Morgan fingerprint density at radius 3 is 2.61 bits per heavy atom. The van der Waals surface area contributed by atoms with Crippen molar-refractivity contribution in [2.45, 2.75) is 4.90 Å². The van der Waals surface area contributed by atoms with Gasteiger partial charge in [-0.1, -0.05) is 11.6 Å². The Kier molecular flexibility index (Phi) is 7.05. The summed E-state index contributed by atoms with van der Waals surface area (Å²) in [4.78, 5) is 28.3. The molecule has 1 aromatic carbocycles. The van der Waals surface area contributed by atoms with Crippen molar-refractivity contribution in [3.05, 3.63) is 51.8 Å². The zero-order valence-corrected chi connectivity index (χ0v) is 18.1. The summed E-state index contributed by atoms with van der Waals surface area (Å²) >= 11 is 5.93. The number of hydrogen-bond donors (Lipinski definition) is 1. The summed E-state index contributed by atoms with van der Waals surface area (Å²) in [7, 11) is -2.66. The standard InChI is InChI=1S/C18H20ClN5O6S/c1-30-16-5-4-13(11-15(16)24(26)27)31(28,29)23-9-7-22(8-10-23)12-17(25)21-14-3-2-6-20-18(14)19/h2-6,11H,7-10,12H2,1H3,(H,21,25). The second kappa shape index (κ2) is 9.56. The van der Waals surface area contributed by atoms with Crippen molar-refractivity contribution in [2.24, 2.45) is 0 Å². The van der Waals surface area contributed by atoms with Gasteiger partial charge < -0.3 is 10.1 Å². The number of amides is 1. The number of halogens is 1. The first kappa shape index (κ1) is 22.9. The molecule has 1 saturated heterocycles. The molecule has 0 aliphatic carbocycles. The van der Waals surface area contributed by atoms with Crippen molar-refractivity contribution in [3.8, 4) is 5.75 Å². The number of benzene rings is 1. The van der Waals surface area contributed by atoms with E-state index < -0.39 is 20.6 Å². The fourth-order valence-electron chi connectivity index (χ4n) is 3.12. The Hall–Kier alpha value is -2.80. The van der Waals surface area contributed by atoms with E-state index >= 15 is 0 Å². The summed E-state index contributed by atoms with van der Waals surface area (Å²) in [6, 6.07) is 6.81. The van der Waals surface area contributed by atoms with Gasteiger partial charge in [-0.3, -0.25) is 19.8 Å². The number of aromatic nitrogens is 1. The van der Waals surface area contributed by atoms with Gasteiger partial charge in [0.25, 0.3) is 0 Å². The predicted octanol–water partition coefficient (Wildman–Crippen LogP) is 1.60. The van der Waals surface area contributed by atoms with Crippen LogP contribution >= 0.6 is 11.6 Å². The minimum Gasteiger partial charge on any atom is -0.490 e. The largest absolute Gasteiger partial charge is 0.490 e. The molecule has 0 spiro atoms. The van der Waals surface area contributed by atoms with Crippen LogP contribution in [-0.2, 0) is 14.8 Å². The van der Waals surface area contributed by atoms with E-state index in [1.807, 2.05) is 4.90 Å². The minimum absolute atomic E-state index is 0.0199. The van der Waals surface area contributed by atoms with E-state index in [4.69, 9.17) is 16.3 Å². The average molecular weight is 470 g/mol. The molecule has 0 unspecified atom stereocenters. The number of anilines is 1. The van der Waals surface area contributed by atoms with Crippen LogP contribution in [0, 0.1) is 10.1 Å². The van der Waals surface area contributed by atoms with Crippen molar-refractivity contribution < 1.29 is 22.9 Å². The third-order valence-corrected chi connectivity index (χ3v) is 6.91. The molecule has 31 heavy (non-hydrogen) atoms. The summed E-state index contributed by atoms with van der Waals surface area (Å²) in [6.45, 7) is 0.997. The van der Waals surface area contributed by atoms with Crippen LogP contribution in [0.5, 0.6) is 5.75 Å². The van der Waals surface area contributed by atoms with Gasteiger partial charge in [0, 0.05) is 38.4 Å². The first-order chi connectivity index (χ1) is 14.7. The van der Waals surface area contributed by atoms with Crippen LogP contribution in [0.2, 0.25) is 5.15 Å². The number of piperazine rings is 1. The Bertz CT molecular complexity index is 1090. The highest BCUT2D eigenvalue weighted by Gasteiger charge is 2.31. The summed E-state index contributed by atoms with van der Waals surface area (Å²) < 4.78 is 32.0. The lowest BCUT2D eigenvalue weighted by Gasteiger charge is -2.33. The second-order valence-corrected chi connectivity index (χ2v) is 8.96. The van der Waals surface area contributed by atoms with Crippen molar-refractivity contribution >= 4 is 38.9 Å². The SMILES string of the molecule is COc1ccc(S(=O)(=O)N2CCN(CC(=O)Nc3cccnc3Cl)CC2)cc1[N+](=O)[O-]. The number of nitro groups is 1. The maximum Gasteiger partial charge on any atom is 0.312 e. The molecule has 13 heteroatoms. The van der Waals surface area contributed by atoms with E-state index in [9.17, 15) is 23.3 Å². The molecule has 166 valence electrons.